The summed E-state index contributed by atoms with van der Waals surface area (Å²) in [6, 6.07) is 0. The van der Waals surface area contributed by atoms with Crippen LogP contribution in [0, 0.1) is 0 Å². The molecule has 0 aromatic carbocycles. The predicted octanol–water partition coefficient (Wildman–Crippen LogP) is -3.37. The molecule has 0 aromatic heterocycles. The third-order valence-electron chi connectivity index (χ3n) is 0.941. The van der Waals surface area contributed by atoms with E-state index in [1.165, 1.54) is 0 Å². The van der Waals surface area contributed by atoms with Gasteiger partial charge in [-0.05, 0) is 0 Å². The molecule has 11 heavy (non-hydrogen) atoms. The van der Waals surface area contributed by atoms with E-state index in [1.54, 1.807) is 0 Å². The minimum Gasteiger partial charge on any atom is -0.344 e. The lowest BCUT2D eigenvalue weighted by Gasteiger charge is -2.12. The third kappa shape index (κ3) is 6.41. The van der Waals surface area contributed by atoms with Crippen molar-refractivity contribution in [1.82, 2.24) is 0 Å². The van der Waals surface area contributed by atoms with Crippen molar-refractivity contribution in [3.8, 4) is 0 Å². The van der Waals surface area contributed by atoms with Crippen LogP contribution in [0.3, 0.4) is 0 Å². The summed E-state index contributed by atoms with van der Waals surface area (Å²) in [5, 5.41) is 24.8. The van der Waals surface area contributed by atoms with Gasteiger partial charge in [0.2, 0.25) is 0 Å². The molecule has 0 saturated heterocycles. The fourth-order valence-electron chi connectivity index (χ4n) is 0.345. The van der Waals surface area contributed by atoms with Crippen LogP contribution in [0.1, 0.15) is 6.42 Å². The van der Waals surface area contributed by atoms with E-state index in [1.807, 2.05) is 0 Å². The molecule has 0 amide bonds. The maximum absolute atomic E-state index is 10.5. The normalized spacial score (nSPS) is 13.7. The Labute approximate surface area is 67.1 Å². The van der Waals surface area contributed by atoms with E-state index < -0.39 is 28.3 Å². The van der Waals surface area contributed by atoms with Crippen LogP contribution in [-0.2, 0) is 14.0 Å². The summed E-state index contributed by atoms with van der Waals surface area (Å²) in [7, 11) is -3.66. The van der Waals surface area contributed by atoms with Crippen molar-refractivity contribution in [3.63, 3.8) is 0 Å². The third-order valence-corrected chi connectivity index (χ3v) is 3.68. The smallest absolute Gasteiger partial charge is 0.276 e. The van der Waals surface area contributed by atoms with Crippen molar-refractivity contribution in [3.05, 3.63) is 0 Å². The second-order valence-corrected chi connectivity index (χ2v) is 4.81. The molecular weight excluding hydrogens is 192 g/mol. The molecular formula is C3H10O6SSi. The first-order valence-electron chi connectivity index (χ1n) is 2.72. The maximum Gasteiger partial charge on any atom is 0.276 e. The molecule has 0 atom stereocenters. The van der Waals surface area contributed by atoms with Crippen molar-refractivity contribution >= 4 is 20.6 Å². The number of rotatable bonds is 4. The first kappa shape index (κ1) is 11.0. The van der Waals surface area contributed by atoms with E-state index >= 15 is 0 Å². The molecule has 0 saturated carbocycles. The molecule has 0 aliphatic heterocycles. The molecule has 8 heteroatoms. The fraction of sp³-hybridized carbons (Fsp3) is 1.00. The molecule has 0 rings (SSSR count). The summed E-state index contributed by atoms with van der Waals surface area (Å²) >= 11 is 0. The van der Waals surface area contributed by atoms with Crippen LogP contribution in [-0.4, -0.2) is 45.9 Å². The van der Waals surface area contributed by atoms with Crippen molar-refractivity contribution in [2.24, 2.45) is 0 Å². The van der Waals surface area contributed by atoms with E-state index in [0.717, 1.165) is 0 Å². The summed E-state index contributed by atoms with van der Waals surface area (Å²) in [5.41, 5.74) is 0. The van der Waals surface area contributed by atoms with Crippen molar-refractivity contribution < 1.29 is 27.6 Å². The lowest BCUT2D eigenvalue weighted by Crippen LogP contribution is -2.30. The first-order chi connectivity index (χ1) is 4.77. The van der Waals surface area contributed by atoms with Gasteiger partial charge >= 0.3 is 0 Å². The minimum atomic E-state index is -3.67. The van der Waals surface area contributed by atoms with Gasteiger partial charge in [-0.15, -0.1) is 0 Å². The highest BCUT2D eigenvalue weighted by atomic mass is 32.2. The van der Waals surface area contributed by atoms with E-state index in [0.29, 0.717) is 0 Å². The average Bonchev–Trinajstić information content (AvgIpc) is 1.83. The Morgan fingerprint density at radius 1 is 1.36 bits per heavy atom. The summed E-state index contributed by atoms with van der Waals surface area (Å²) in [4.78, 5) is 0. The van der Waals surface area contributed by atoms with Gasteiger partial charge in [0, 0.05) is 6.42 Å². The average molecular weight is 202 g/mol. The van der Waals surface area contributed by atoms with Gasteiger partial charge in [0.05, 0.1) is 5.75 Å². The molecule has 0 bridgehead atoms. The second-order valence-electron chi connectivity index (χ2n) is 1.95. The van der Waals surface area contributed by atoms with Gasteiger partial charge in [0.1, 0.15) is 0 Å². The second kappa shape index (κ2) is 3.60. The molecule has 0 radical (unpaired) electrons. The Balaban J connectivity index is 3.91. The fourth-order valence-corrected chi connectivity index (χ4v) is 1.54. The maximum atomic E-state index is 10.5. The molecule has 0 aliphatic carbocycles. The van der Waals surface area contributed by atoms with Crippen LogP contribution < -0.4 is 0 Å². The Morgan fingerprint density at radius 3 is 2.09 bits per heavy atom. The quantitative estimate of drug-likeness (QED) is 0.325. The van der Waals surface area contributed by atoms with E-state index in [-0.39, 0.29) is 10.5 Å². The Bertz CT molecular complexity index is 202. The van der Waals surface area contributed by atoms with Gasteiger partial charge < -0.3 is 19.2 Å². The highest BCUT2D eigenvalue weighted by molar-refractivity contribution is 7.87. The van der Waals surface area contributed by atoms with E-state index in [4.69, 9.17) is 15.3 Å². The molecule has 6 nitrogen and oxygen atoms in total. The van der Waals surface area contributed by atoms with E-state index in [9.17, 15) is 8.42 Å². The zero-order chi connectivity index (χ0) is 9.12. The van der Waals surface area contributed by atoms with Gasteiger partial charge in [0.25, 0.3) is 16.1 Å². The number of aliphatic hydroxyl groups is 3. The highest BCUT2D eigenvalue weighted by Gasteiger charge is 2.22. The first-order valence-corrected chi connectivity index (χ1v) is 5.12. The number of hydrogen-bond acceptors (Lipinski definition) is 6. The highest BCUT2D eigenvalue weighted by Crippen LogP contribution is 2.03. The topological polar surface area (TPSA) is 104 Å². The van der Waals surface area contributed by atoms with Crippen molar-refractivity contribution in [2.75, 3.05) is 5.75 Å². The Morgan fingerprint density at radius 2 is 1.82 bits per heavy atom. The van der Waals surface area contributed by atoms with E-state index in [2.05, 4.69) is 3.87 Å². The summed E-state index contributed by atoms with van der Waals surface area (Å²) in [6.45, 7) is 0. The van der Waals surface area contributed by atoms with Crippen LogP contribution in [0.5, 0.6) is 0 Å². The Hall–Kier alpha value is 0.00688. The van der Waals surface area contributed by atoms with Gasteiger partial charge in [0.15, 0.2) is 10.5 Å². The van der Waals surface area contributed by atoms with Crippen LogP contribution in [0.4, 0.5) is 0 Å². The SMILES string of the molecule is O=S(=O)(CCC(O)(O)O)O[SiH3]. The monoisotopic (exact) mass is 202 g/mol. The largest absolute Gasteiger partial charge is 0.344 e. The van der Waals surface area contributed by atoms with Gasteiger partial charge in [-0.1, -0.05) is 0 Å². The Kier molecular flexibility index (Phi) is 3.61. The molecule has 0 heterocycles. The van der Waals surface area contributed by atoms with Gasteiger partial charge in [-0.3, -0.25) is 0 Å². The van der Waals surface area contributed by atoms with Gasteiger partial charge in [-0.2, -0.15) is 0 Å². The standard InChI is InChI=1S/C3H10O6SSi/c4-3(5,6)1-2-10(7,8)9-11/h4-6H,1-2H2,11H3. The lowest BCUT2D eigenvalue weighted by molar-refractivity contribution is -0.311. The molecule has 0 unspecified atom stereocenters. The van der Waals surface area contributed by atoms with Crippen LogP contribution in [0.15, 0.2) is 0 Å². The molecule has 0 fully saturated rings. The van der Waals surface area contributed by atoms with Crippen molar-refractivity contribution in [2.45, 2.75) is 12.4 Å². The summed E-state index contributed by atoms with van der Waals surface area (Å²) in [5.74, 6) is -3.55. The number of hydrogen-bond donors (Lipinski definition) is 3. The summed E-state index contributed by atoms with van der Waals surface area (Å²) in [6.07, 6.45) is -0.683. The zero-order valence-electron chi connectivity index (χ0n) is 5.89. The van der Waals surface area contributed by atoms with Crippen LogP contribution in [0.2, 0.25) is 0 Å². The lowest BCUT2D eigenvalue weighted by atomic mass is 10.4. The predicted molar refractivity (Wildman–Crippen MR) is 38.8 cm³/mol. The molecule has 0 aliphatic rings. The molecule has 3 N–H and O–H groups in total. The minimum absolute atomic E-state index is 0.0155. The summed E-state index contributed by atoms with van der Waals surface area (Å²) < 4.78 is 25.2. The van der Waals surface area contributed by atoms with Crippen LogP contribution in [0.25, 0.3) is 0 Å². The molecule has 68 valence electrons. The zero-order valence-corrected chi connectivity index (χ0v) is 8.71. The van der Waals surface area contributed by atoms with Crippen LogP contribution >= 0.6 is 0 Å². The van der Waals surface area contributed by atoms with Gasteiger partial charge in [-0.25, -0.2) is 8.42 Å². The molecule has 0 spiro atoms. The van der Waals surface area contributed by atoms with Crippen molar-refractivity contribution in [1.29, 1.82) is 0 Å². The molecule has 0 aromatic rings.